The Morgan fingerprint density at radius 3 is 2.63 bits per heavy atom. The Morgan fingerprint density at radius 1 is 1.11 bits per heavy atom. The lowest BCUT2D eigenvalue weighted by Crippen LogP contribution is -2.23. The Balaban J connectivity index is 1.70. The van der Waals surface area contributed by atoms with E-state index in [1.165, 1.54) is 55.6 Å². The van der Waals surface area contributed by atoms with Crippen LogP contribution in [0.15, 0.2) is 69.9 Å². The van der Waals surface area contributed by atoms with Gasteiger partial charge in [0.2, 0.25) is 5.91 Å². The first-order chi connectivity index (χ1) is 16.8. The van der Waals surface area contributed by atoms with Gasteiger partial charge in [-0.15, -0.1) is 0 Å². The van der Waals surface area contributed by atoms with Crippen LogP contribution in [0.2, 0.25) is 5.02 Å². The number of pyridine rings is 1. The molecule has 0 spiro atoms. The fourth-order valence-corrected chi connectivity index (χ4v) is 3.79. The molecular formula is C25H16ClFN2O6. The van der Waals surface area contributed by atoms with Gasteiger partial charge in [-0.05, 0) is 42.0 Å². The topological polar surface area (TPSA) is 116 Å². The van der Waals surface area contributed by atoms with E-state index in [1.807, 2.05) is 0 Å². The van der Waals surface area contributed by atoms with Crippen LogP contribution in [-0.2, 0) is 14.3 Å². The van der Waals surface area contributed by atoms with Gasteiger partial charge in [-0.25, -0.2) is 19.0 Å². The van der Waals surface area contributed by atoms with Crippen LogP contribution in [0.1, 0.15) is 22.0 Å². The Labute approximate surface area is 202 Å². The Kier molecular flexibility index (Phi) is 6.70. The minimum Gasteiger partial charge on any atom is -0.464 e. The summed E-state index contributed by atoms with van der Waals surface area (Å²) in [5, 5.41) is 3.06. The number of fused-ring (bicyclic) bond motifs is 1. The van der Waals surface area contributed by atoms with E-state index in [2.05, 4.69) is 15.0 Å². The minimum absolute atomic E-state index is 0.0209. The fourth-order valence-electron chi connectivity index (χ4n) is 3.52. The first-order valence-electron chi connectivity index (χ1n) is 10.2. The third-order valence-corrected chi connectivity index (χ3v) is 5.48. The van der Waals surface area contributed by atoms with E-state index < -0.39 is 29.2 Å². The van der Waals surface area contributed by atoms with Crippen molar-refractivity contribution in [3.8, 4) is 11.1 Å². The molecule has 0 saturated heterocycles. The largest absolute Gasteiger partial charge is 0.464 e. The lowest BCUT2D eigenvalue weighted by molar-refractivity contribution is -0.122. The van der Waals surface area contributed by atoms with Gasteiger partial charge in [0, 0.05) is 22.6 Å². The molecule has 2 aromatic carbocycles. The number of hydrogen-bond donors (Lipinski definition) is 1. The van der Waals surface area contributed by atoms with E-state index in [0.717, 1.165) is 6.07 Å². The molecule has 0 radical (unpaired) electrons. The first-order valence-corrected chi connectivity index (χ1v) is 10.5. The molecule has 2 aromatic heterocycles. The maximum atomic E-state index is 13.5. The average molecular weight is 495 g/mol. The molecule has 0 aliphatic heterocycles. The maximum absolute atomic E-state index is 13.5. The summed E-state index contributed by atoms with van der Waals surface area (Å²) in [6.45, 7) is 0. The molecule has 1 N–H and O–H groups in total. The number of carbonyl (C=O) groups excluding carboxylic acids is 3. The molecule has 10 heteroatoms. The predicted octanol–water partition coefficient (Wildman–Crippen LogP) is 4.36. The zero-order valence-electron chi connectivity index (χ0n) is 18.1. The van der Waals surface area contributed by atoms with Gasteiger partial charge < -0.3 is 19.3 Å². The number of amides is 1. The second-order valence-electron chi connectivity index (χ2n) is 7.36. The highest BCUT2D eigenvalue weighted by Gasteiger charge is 2.23. The predicted molar refractivity (Wildman–Crippen MR) is 126 cm³/mol. The molecule has 0 aliphatic rings. The van der Waals surface area contributed by atoms with Crippen LogP contribution in [0.4, 0.5) is 10.2 Å². The quantitative estimate of drug-likeness (QED) is 0.183. The molecule has 4 rings (SSSR count). The molecule has 35 heavy (non-hydrogen) atoms. The summed E-state index contributed by atoms with van der Waals surface area (Å²) in [6, 6.07) is 13.9. The summed E-state index contributed by atoms with van der Waals surface area (Å²) in [7, 11) is 1.20. The molecule has 1 unspecified atom stereocenters. The number of rotatable bonds is 6. The van der Waals surface area contributed by atoms with Crippen LogP contribution < -0.4 is 10.9 Å². The number of methoxy groups -OCH3 is 1. The number of nitrogens with zero attached hydrogens (tertiary/aromatic N) is 1. The lowest BCUT2D eigenvalue weighted by atomic mass is 9.95. The second-order valence-corrected chi connectivity index (χ2v) is 7.77. The third kappa shape index (κ3) is 4.95. The number of esters is 1. The van der Waals surface area contributed by atoms with Crippen LogP contribution in [-0.4, -0.2) is 30.3 Å². The number of nitrogens with one attached hydrogen (secondary N) is 1. The van der Waals surface area contributed by atoms with Gasteiger partial charge in [0.15, 0.2) is 5.69 Å². The standard InChI is InChI=1S/C25H16ClFN2O6/c1-34-25(33)20-3-2-4-22(28-20)29-24(32)18(12-30)13-5-7-16-17(11-23(31)35-21(16)9-13)15-8-6-14(27)10-19(15)26/h2-12,18H,1H3,(H,28,29,32). The van der Waals surface area contributed by atoms with Crippen molar-refractivity contribution in [3.63, 3.8) is 0 Å². The zero-order chi connectivity index (χ0) is 25.1. The Bertz CT molecular complexity index is 1530. The molecule has 1 amide bonds. The van der Waals surface area contributed by atoms with Gasteiger partial charge in [-0.1, -0.05) is 29.8 Å². The number of hydrogen-bond acceptors (Lipinski definition) is 7. The zero-order valence-corrected chi connectivity index (χ0v) is 18.8. The molecule has 0 aliphatic carbocycles. The number of anilines is 1. The van der Waals surface area contributed by atoms with Crippen LogP contribution in [0.25, 0.3) is 22.1 Å². The van der Waals surface area contributed by atoms with Crippen molar-refractivity contribution in [2.24, 2.45) is 0 Å². The van der Waals surface area contributed by atoms with Crippen LogP contribution in [0.5, 0.6) is 0 Å². The van der Waals surface area contributed by atoms with E-state index in [9.17, 15) is 23.6 Å². The second kappa shape index (κ2) is 9.86. The van der Waals surface area contributed by atoms with Gasteiger partial charge in [0.05, 0.1) is 12.1 Å². The van der Waals surface area contributed by atoms with Crippen molar-refractivity contribution < 1.29 is 27.9 Å². The smallest absolute Gasteiger partial charge is 0.356 e. The van der Waals surface area contributed by atoms with Gasteiger partial charge in [-0.3, -0.25) is 4.79 Å². The van der Waals surface area contributed by atoms with E-state index in [-0.39, 0.29) is 27.7 Å². The van der Waals surface area contributed by atoms with Crippen molar-refractivity contribution in [1.82, 2.24) is 4.98 Å². The molecule has 4 aromatic rings. The highest BCUT2D eigenvalue weighted by molar-refractivity contribution is 6.33. The number of ether oxygens (including phenoxy) is 1. The Hall–Kier alpha value is -4.37. The lowest BCUT2D eigenvalue weighted by Gasteiger charge is -2.13. The van der Waals surface area contributed by atoms with Gasteiger partial charge >= 0.3 is 11.6 Å². The van der Waals surface area contributed by atoms with Crippen LogP contribution >= 0.6 is 11.6 Å². The molecule has 0 saturated carbocycles. The van der Waals surface area contributed by atoms with Crippen molar-refractivity contribution >= 4 is 46.6 Å². The van der Waals surface area contributed by atoms with Crippen molar-refractivity contribution in [3.05, 3.63) is 93.2 Å². The van der Waals surface area contributed by atoms with E-state index >= 15 is 0 Å². The Morgan fingerprint density at radius 2 is 1.91 bits per heavy atom. The molecule has 1 atom stereocenters. The number of halogens is 2. The monoisotopic (exact) mass is 494 g/mol. The summed E-state index contributed by atoms with van der Waals surface area (Å²) in [4.78, 5) is 52.5. The van der Waals surface area contributed by atoms with E-state index in [0.29, 0.717) is 22.8 Å². The molecule has 0 fully saturated rings. The number of carbonyl (C=O) groups is 3. The fraction of sp³-hybridized carbons (Fsp3) is 0.0800. The number of aromatic nitrogens is 1. The molecule has 0 bridgehead atoms. The SMILES string of the molecule is COC(=O)c1cccc(NC(=O)C(C=O)c2ccc3c(-c4ccc(F)cc4Cl)cc(=O)oc3c2)n1. The van der Waals surface area contributed by atoms with Crippen molar-refractivity contribution in [2.75, 3.05) is 12.4 Å². The molecular weight excluding hydrogens is 479 g/mol. The summed E-state index contributed by atoms with van der Waals surface area (Å²) in [6.07, 6.45) is 0.430. The summed E-state index contributed by atoms with van der Waals surface area (Å²) < 4.78 is 23.4. The number of benzene rings is 2. The van der Waals surface area contributed by atoms with E-state index in [4.69, 9.17) is 16.0 Å². The summed E-state index contributed by atoms with van der Waals surface area (Å²) in [5.74, 6) is -3.15. The normalized spacial score (nSPS) is 11.6. The average Bonchev–Trinajstić information content (AvgIpc) is 2.83. The summed E-state index contributed by atoms with van der Waals surface area (Å²) in [5.41, 5.74) is 0.465. The van der Waals surface area contributed by atoms with Gasteiger partial charge in [-0.2, -0.15) is 0 Å². The third-order valence-electron chi connectivity index (χ3n) is 5.16. The first kappa shape index (κ1) is 23.8. The highest BCUT2D eigenvalue weighted by atomic mass is 35.5. The minimum atomic E-state index is -1.27. The molecule has 8 nitrogen and oxygen atoms in total. The van der Waals surface area contributed by atoms with Gasteiger partial charge in [0.25, 0.3) is 0 Å². The maximum Gasteiger partial charge on any atom is 0.356 e. The molecule has 176 valence electrons. The highest BCUT2D eigenvalue weighted by Crippen LogP contribution is 2.34. The number of aldehydes is 1. The van der Waals surface area contributed by atoms with Crippen LogP contribution in [0.3, 0.4) is 0 Å². The molecule has 2 heterocycles. The summed E-state index contributed by atoms with van der Waals surface area (Å²) >= 11 is 6.17. The van der Waals surface area contributed by atoms with Gasteiger partial charge in [0.1, 0.15) is 29.4 Å². The van der Waals surface area contributed by atoms with Crippen LogP contribution in [0, 0.1) is 5.82 Å². The van der Waals surface area contributed by atoms with Crippen molar-refractivity contribution in [1.29, 1.82) is 0 Å². The van der Waals surface area contributed by atoms with E-state index in [1.54, 1.807) is 6.07 Å². The van der Waals surface area contributed by atoms with Crippen molar-refractivity contribution in [2.45, 2.75) is 5.92 Å².